The van der Waals surface area contributed by atoms with Crippen LogP contribution in [0.5, 0.6) is 0 Å². The topological polar surface area (TPSA) is 24.7 Å². The van der Waals surface area contributed by atoms with E-state index in [0.717, 1.165) is 0 Å². The zero-order valence-corrected chi connectivity index (χ0v) is 4.50. The Morgan fingerprint density at radius 3 is 2.00 bits per heavy atom. The predicted molar refractivity (Wildman–Crippen MR) is 31.7 cm³/mol. The zero-order chi connectivity index (χ0) is 4.41. The third-order valence-electron chi connectivity index (χ3n) is 0.369. The summed E-state index contributed by atoms with van der Waals surface area (Å²) in [6, 6.07) is 0. The highest BCUT2D eigenvalue weighted by atomic mass is 32.8. The van der Waals surface area contributed by atoms with Crippen molar-refractivity contribution in [2.24, 2.45) is 10.2 Å². The average molecular weight is 118 g/mol. The molecule has 0 radical (unpaired) electrons. The van der Waals surface area contributed by atoms with Gasteiger partial charge >= 0.3 is 0 Å². The van der Waals surface area contributed by atoms with E-state index >= 15 is 0 Å². The second kappa shape index (κ2) is 1.57. The first kappa shape index (κ1) is 4.08. The minimum atomic E-state index is -0.173. The fraction of sp³-hybridized carbons (Fsp3) is 0. The average Bonchev–Trinajstić information content (AvgIpc) is 1.86. The Labute approximate surface area is 42.6 Å². The molecule has 0 atom stereocenters. The molecular weight excluding hydrogens is 116 g/mol. The van der Waals surface area contributed by atoms with Gasteiger partial charge < -0.3 is 0 Å². The molecule has 2 nitrogen and oxygen atoms in total. The summed E-state index contributed by atoms with van der Waals surface area (Å²) < 4.78 is 0. The van der Waals surface area contributed by atoms with Crippen LogP contribution in [0, 0.1) is 0 Å². The van der Waals surface area contributed by atoms with Crippen LogP contribution in [0.4, 0.5) is 0 Å². The number of hydrogen-bond acceptors (Lipinski definition) is 3. The minimum Gasteiger partial charge on any atom is -0.151 e. The maximum atomic E-state index is 4.73. The van der Waals surface area contributed by atoms with Crippen LogP contribution in [0.2, 0.25) is 0 Å². The predicted octanol–water partition coefficient (Wildman–Crippen LogP) is 0.0518. The van der Waals surface area contributed by atoms with Gasteiger partial charge in [-0.1, -0.05) is 0 Å². The van der Waals surface area contributed by atoms with Crippen LogP contribution in [-0.2, 0) is 20.6 Å². The normalized spacial score (nSPS) is 20.0. The fourth-order valence-corrected chi connectivity index (χ4v) is 0.755. The highest BCUT2D eigenvalue weighted by molar-refractivity contribution is 8.43. The first-order valence-corrected chi connectivity index (χ1v) is 3.63. The lowest BCUT2D eigenvalue weighted by Crippen LogP contribution is -1.78. The lowest BCUT2D eigenvalue weighted by Gasteiger charge is -1.64. The molecular formula is C2H2N2S2. The smallest absolute Gasteiger partial charge is 0.0923 e. The Morgan fingerprint density at radius 1 is 1.33 bits per heavy atom. The maximum Gasteiger partial charge on any atom is 0.0923 e. The molecule has 0 bridgehead atoms. The Bertz CT molecular complexity index is 112. The lowest BCUT2D eigenvalue weighted by atomic mass is 11.6. The van der Waals surface area contributed by atoms with Crippen molar-refractivity contribution in [1.29, 1.82) is 0 Å². The fourth-order valence-electron chi connectivity index (χ4n) is 0.175. The van der Waals surface area contributed by atoms with Crippen molar-refractivity contribution in [3.8, 4) is 0 Å². The van der Waals surface area contributed by atoms with Gasteiger partial charge in [-0.15, -0.1) is 0 Å². The van der Waals surface area contributed by atoms with E-state index in [2.05, 4.69) is 10.2 Å². The molecule has 0 N–H and O–H groups in total. The lowest BCUT2D eigenvalue weighted by molar-refractivity contribution is 1.29. The third-order valence-corrected chi connectivity index (χ3v) is 1.49. The van der Waals surface area contributed by atoms with Crippen molar-refractivity contribution in [3.63, 3.8) is 0 Å². The van der Waals surface area contributed by atoms with Crippen molar-refractivity contribution in [3.05, 3.63) is 0 Å². The van der Waals surface area contributed by atoms with Gasteiger partial charge in [0.15, 0.2) is 0 Å². The second-order valence-electron chi connectivity index (χ2n) is 0.770. The molecule has 0 aliphatic carbocycles. The van der Waals surface area contributed by atoms with E-state index in [9.17, 15) is 0 Å². The van der Waals surface area contributed by atoms with Gasteiger partial charge in [-0.05, 0) is 20.6 Å². The van der Waals surface area contributed by atoms with Gasteiger partial charge in [-0.3, -0.25) is 0 Å². The van der Waals surface area contributed by atoms with Gasteiger partial charge in [0.25, 0.3) is 0 Å². The molecule has 0 amide bonds. The summed E-state index contributed by atoms with van der Waals surface area (Å²) >= 11 is 4.73. The number of nitrogens with zero attached hydrogens (tertiary/aromatic N) is 2. The number of hydrogen-bond donors (Lipinski definition) is 0. The van der Waals surface area contributed by atoms with Crippen molar-refractivity contribution >= 4 is 31.7 Å². The zero-order valence-electron chi connectivity index (χ0n) is 2.87. The van der Waals surface area contributed by atoms with Crippen molar-refractivity contribution in [2.75, 3.05) is 0 Å². The molecule has 6 heavy (non-hydrogen) atoms. The van der Waals surface area contributed by atoms with Crippen LogP contribution in [0.25, 0.3) is 0 Å². The van der Waals surface area contributed by atoms with Crippen LogP contribution in [0.1, 0.15) is 0 Å². The molecule has 32 valence electrons. The van der Waals surface area contributed by atoms with Gasteiger partial charge in [0.1, 0.15) is 0 Å². The molecule has 1 aliphatic rings. The first-order chi connectivity index (χ1) is 2.89. The highest BCUT2D eigenvalue weighted by Gasteiger charge is 1.84. The highest BCUT2D eigenvalue weighted by Crippen LogP contribution is 1.82. The quantitative estimate of drug-likeness (QED) is 0.441. The number of rotatable bonds is 0. The monoisotopic (exact) mass is 118 g/mol. The summed E-state index contributed by atoms with van der Waals surface area (Å²) in [7, 11) is -0.173. The second-order valence-corrected chi connectivity index (χ2v) is 3.00. The molecule has 0 fully saturated rings. The van der Waals surface area contributed by atoms with E-state index in [1.54, 1.807) is 11.1 Å². The summed E-state index contributed by atoms with van der Waals surface area (Å²) in [5.41, 5.74) is 3.30. The molecule has 0 unspecified atom stereocenters. The SMILES string of the molecule is S=S1C=NN=C1. The van der Waals surface area contributed by atoms with Crippen LogP contribution in [-0.4, -0.2) is 11.1 Å². The largest absolute Gasteiger partial charge is 0.151 e. The van der Waals surface area contributed by atoms with Crippen molar-refractivity contribution < 1.29 is 0 Å². The van der Waals surface area contributed by atoms with Gasteiger partial charge in [-0.2, -0.15) is 10.2 Å². The van der Waals surface area contributed by atoms with Crippen LogP contribution in [0.3, 0.4) is 0 Å². The molecule has 1 heterocycles. The molecule has 0 aromatic heterocycles. The summed E-state index contributed by atoms with van der Waals surface area (Å²) in [5, 5.41) is 7.03. The summed E-state index contributed by atoms with van der Waals surface area (Å²) in [5.74, 6) is 0. The standard InChI is InChI=1S/C2H2N2S2/c5-6-1-3-4-2-6/h1-2H. The van der Waals surface area contributed by atoms with Crippen molar-refractivity contribution in [1.82, 2.24) is 0 Å². The minimum absolute atomic E-state index is 0.173. The molecule has 0 saturated carbocycles. The van der Waals surface area contributed by atoms with E-state index in [1.165, 1.54) is 0 Å². The Hall–Kier alpha value is -0.0900. The molecule has 1 rings (SSSR count). The van der Waals surface area contributed by atoms with E-state index in [1.807, 2.05) is 0 Å². The molecule has 4 heteroatoms. The van der Waals surface area contributed by atoms with Crippen LogP contribution in [0.15, 0.2) is 10.2 Å². The maximum absolute atomic E-state index is 4.73. The van der Waals surface area contributed by atoms with Gasteiger partial charge in [0.2, 0.25) is 0 Å². The Balaban J connectivity index is 2.86. The molecule has 0 aromatic carbocycles. The summed E-state index contributed by atoms with van der Waals surface area (Å²) in [6.45, 7) is 0. The molecule has 0 saturated heterocycles. The van der Waals surface area contributed by atoms with E-state index in [-0.39, 0.29) is 9.45 Å². The van der Waals surface area contributed by atoms with Crippen molar-refractivity contribution in [2.45, 2.75) is 0 Å². The molecule has 1 aliphatic heterocycles. The van der Waals surface area contributed by atoms with Crippen LogP contribution < -0.4 is 0 Å². The molecule has 0 aromatic rings. The van der Waals surface area contributed by atoms with E-state index in [0.29, 0.717) is 0 Å². The van der Waals surface area contributed by atoms with Crippen LogP contribution >= 0.6 is 0 Å². The van der Waals surface area contributed by atoms with Gasteiger partial charge in [-0.25, -0.2) is 0 Å². The summed E-state index contributed by atoms with van der Waals surface area (Å²) in [6.07, 6.45) is 0. The summed E-state index contributed by atoms with van der Waals surface area (Å²) in [4.78, 5) is 0. The van der Waals surface area contributed by atoms with E-state index < -0.39 is 0 Å². The third kappa shape index (κ3) is 0.693. The Morgan fingerprint density at radius 2 is 1.83 bits per heavy atom. The Kier molecular flexibility index (Phi) is 1.07. The van der Waals surface area contributed by atoms with Gasteiger partial charge in [0.05, 0.1) is 11.1 Å². The first-order valence-electron chi connectivity index (χ1n) is 1.35. The molecule has 0 spiro atoms. The van der Waals surface area contributed by atoms with Gasteiger partial charge in [0, 0.05) is 0 Å². The van der Waals surface area contributed by atoms with E-state index in [4.69, 9.17) is 11.2 Å².